The Labute approximate surface area is 185 Å². The third-order valence-electron chi connectivity index (χ3n) is 3.54. The number of hydrogen-bond donors (Lipinski definition) is 3. The smallest absolute Gasteiger partial charge is 0.262 e. The zero-order valence-corrected chi connectivity index (χ0v) is 19.3. The van der Waals surface area contributed by atoms with Crippen molar-refractivity contribution in [3.05, 3.63) is 50.9 Å². The molecule has 9 heteroatoms. The van der Waals surface area contributed by atoms with E-state index in [0.717, 1.165) is 14.5 Å². The van der Waals surface area contributed by atoms with Crippen LogP contribution in [-0.2, 0) is 9.59 Å². The van der Waals surface area contributed by atoms with E-state index < -0.39 is 0 Å². The van der Waals surface area contributed by atoms with Gasteiger partial charge in [0, 0.05) is 22.3 Å². The van der Waals surface area contributed by atoms with Gasteiger partial charge in [0.2, 0.25) is 5.91 Å². The van der Waals surface area contributed by atoms with E-state index in [1.54, 1.807) is 31.2 Å². The number of benzene rings is 2. The largest absolute Gasteiger partial charge is 0.482 e. The van der Waals surface area contributed by atoms with E-state index in [0.29, 0.717) is 23.5 Å². The third-order valence-corrected chi connectivity index (χ3v) is 4.79. The van der Waals surface area contributed by atoms with Crippen molar-refractivity contribution in [3.8, 4) is 5.75 Å². The van der Waals surface area contributed by atoms with E-state index in [1.165, 1.54) is 0 Å². The van der Waals surface area contributed by atoms with Crippen LogP contribution in [0.15, 0.2) is 45.3 Å². The van der Waals surface area contributed by atoms with Gasteiger partial charge in [0.25, 0.3) is 5.91 Å². The second-order valence-electron chi connectivity index (χ2n) is 5.80. The van der Waals surface area contributed by atoms with Gasteiger partial charge in [-0.05, 0) is 77.0 Å². The maximum Gasteiger partial charge on any atom is 0.262 e. The Hall–Kier alpha value is -1.97. The summed E-state index contributed by atoms with van der Waals surface area (Å²) in [5.74, 6) is 0.190. The van der Waals surface area contributed by atoms with Gasteiger partial charge in [-0.2, -0.15) is 0 Å². The number of nitrogens with one attached hydrogen (secondary N) is 3. The number of halogens is 2. The van der Waals surface area contributed by atoms with Crippen LogP contribution < -0.4 is 20.7 Å². The fourth-order valence-corrected chi connectivity index (χ4v) is 4.01. The van der Waals surface area contributed by atoms with Gasteiger partial charge in [0.15, 0.2) is 11.7 Å². The molecule has 0 bridgehead atoms. The highest BCUT2D eigenvalue weighted by molar-refractivity contribution is 9.11. The Morgan fingerprint density at radius 2 is 1.64 bits per heavy atom. The molecule has 28 heavy (non-hydrogen) atoms. The summed E-state index contributed by atoms with van der Waals surface area (Å²) < 4.78 is 7.33. The monoisotopic (exact) mass is 527 g/mol. The van der Waals surface area contributed by atoms with Crippen molar-refractivity contribution in [1.82, 2.24) is 5.32 Å². The molecule has 0 aliphatic rings. The van der Waals surface area contributed by atoms with Crippen LogP contribution in [0.25, 0.3) is 0 Å². The second kappa shape index (κ2) is 10.5. The lowest BCUT2D eigenvalue weighted by Gasteiger charge is -2.12. The molecular formula is C19H19Br2N3O3S. The van der Waals surface area contributed by atoms with E-state index in [-0.39, 0.29) is 23.5 Å². The van der Waals surface area contributed by atoms with Crippen molar-refractivity contribution in [1.29, 1.82) is 0 Å². The molecule has 0 atom stereocenters. The van der Waals surface area contributed by atoms with Gasteiger partial charge in [-0.3, -0.25) is 9.59 Å². The first-order valence-corrected chi connectivity index (χ1v) is 10.4. The van der Waals surface area contributed by atoms with Crippen LogP contribution >= 0.6 is 44.1 Å². The Morgan fingerprint density at radius 1 is 1.04 bits per heavy atom. The summed E-state index contributed by atoms with van der Waals surface area (Å²) in [5.41, 5.74) is 2.23. The quantitative estimate of drug-likeness (QED) is 0.471. The van der Waals surface area contributed by atoms with Crippen LogP contribution in [0.1, 0.15) is 18.9 Å². The van der Waals surface area contributed by atoms with Crippen molar-refractivity contribution in [2.45, 2.75) is 20.3 Å². The number of anilines is 2. The highest BCUT2D eigenvalue weighted by atomic mass is 79.9. The lowest BCUT2D eigenvalue weighted by atomic mass is 10.2. The number of ether oxygens (including phenoxy) is 1. The standard InChI is InChI=1S/C19H19Br2N3O3S/c1-3-16(25)24-19(28)23-14-6-4-13(5-7-14)22-17(26)10-27-18-11(2)8-12(20)9-15(18)21/h4-9H,3,10H2,1-2H3,(H,22,26)(H2,23,24,25,28). The highest BCUT2D eigenvalue weighted by Gasteiger charge is 2.10. The molecule has 6 nitrogen and oxygen atoms in total. The number of amides is 2. The van der Waals surface area contributed by atoms with Crippen molar-refractivity contribution < 1.29 is 14.3 Å². The van der Waals surface area contributed by atoms with E-state index in [4.69, 9.17) is 17.0 Å². The van der Waals surface area contributed by atoms with E-state index in [2.05, 4.69) is 47.8 Å². The van der Waals surface area contributed by atoms with Gasteiger partial charge < -0.3 is 20.7 Å². The van der Waals surface area contributed by atoms with E-state index in [9.17, 15) is 9.59 Å². The summed E-state index contributed by atoms with van der Waals surface area (Å²) in [6.07, 6.45) is 0.352. The molecular weight excluding hydrogens is 510 g/mol. The average molecular weight is 529 g/mol. The van der Waals surface area contributed by atoms with Gasteiger partial charge in [-0.15, -0.1) is 0 Å². The molecule has 2 aromatic rings. The van der Waals surface area contributed by atoms with Crippen LogP contribution in [0.3, 0.4) is 0 Å². The van der Waals surface area contributed by atoms with Gasteiger partial charge in [-0.25, -0.2) is 0 Å². The third kappa shape index (κ3) is 6.88. The number of carbonyl (C=O) groups is 2. The number of hydrogen-bond acceptors (Lipinski definition) is 4. The summed E-state index contributed by atoms with van der Waals surface area (Å²) >= 11 is 11.9. The van der Waals surface area contributed by atoms with Crippen molar-refractivity contribution >= 4 is 72.4 Å². The first-order valence-electron chi connectivity index (χ1n) is 8.37. The predicted molar refractivity (Wildman–Crippen MR) is 122 cm³/mol. The van der Waals surface area contributed by atoms with Crippen LogP contribution in [-0.4, -0.2) is 23.5 Å². The summed E-state index contributed by atoms with van der Waals surface area (Å²) in [4.78, 5) is 23.5. The van der Waals surface area contributed by atoms with Crippen LogP contribution in [0.2, 0.25) is 0 Å². The van der Waals surface area contributed by atoms with Crippen molar-refractivity contribution in [2.75, 3.05) is 17.2 Å². The Kier molecular flexibility index (Phi) is 8.40. The molecule has 0 heterocycles. The molecule has 0 aromatic heterocycles. The van der Waals surface area contributed by atoms with Gasteiger partial charge >= 0.3 is 0 Å². The average Bonchev–Trinajstić information content (AvgIpc) is 2.62. The topological polar surface area (TPSA) is 79.5 Å². The molecule has 2 rings (SSSR count). The molecule has 0 saturated carbocycles. The molecule has 0 unspecified atom stereocenters. The van der Waals surface area contributed by atoms with Crippen LogP contribution in [0.5, 0.6) is 5.75 Å². The molecule has 0 saturated heterocycles. The minimum absolute atomic E-state index is 0.117. The van der Waals surface area contributed by atoms with Crippen molar-refractivity contribution in [2.24, 2.45) is 0 Å². The zero-order valence-electron chi connectivity index (χ0n) is 15.3. The molecule has 148 valence electrons. The van der Waals surface area contributed by atoms with Crippen molar-refractivity contribution in [3.63, 3.8) is 0 Å². The lowest BCUT2D eigenvalue weighted by molar-refractivity contribution is -0.119. The molecule has 2 aromatic carbocycles. The van der Waals surface area contributed by atoms with Gasteiger partial charge in [-0.1, -0.05) is 22.9 Å². The Bertz CT molecular complexity index is 865. The fraction of sp³-hybridized carbons (Fsp3) is 0.211. The molecule has 0 radical (unpaired) electrons. The Balaban J connectivity index is 1.87. The van der Waals surface area contributed by atoms with Crippen LogP contribution in [0, 0.1) is 6.92 Å². The normalized spacial score (nSPS) is 10.1. The maximum absolute atomic E-state index is 12.1. The fourth-order valence-electron chi connectivity index (χ4n) is 2.22. The first kappa shape index (κ1) is 22.3. The lowest BCUT2D eigenvalue weighted by Crippen LogP contribution is -2.33. The predicted octanol–water partition coefficient (Wildman–Crippen LogP) is 4.76. The number of rotatable bonds is 6. The summed E-state index contributed by atoms with van der Waals surface area (Å²) in [6.45, 7) is 3.53. The molecule has 0 spiro atoms. The summed E-state index contributed by atoms with van der Waals surface area (Å²) in [6, 6.07) is 10.7. The number of carbonyl (C=O) groups excluding carboxylic acids is 2. The second-order valence-corrected chi connectivity index (χ2v) is 7.98. The Morgan fingerprint density at radius 3 is 2.21 bits per heavy atom. The number of aryl methyl sites for hydroxylation is 1. The summed E-state index contributed by atoms with van der Waals surface area (Å²) in [7, 11) is 0. The molecule has 2 amide bonds. The maximum atomic E-state index is 12.1. The SMILES string of the molecule is CCC(=O)NC(=S)Nc1ccc(NC(=O)COc2c(C)cc(Br)cc2Br)cc1. The minimum atomic E-state index is -0.277. The highest BCUT2D eigenvalue weighted by Crippen LogP contribution is 2.32. The minimum Gasteiger partial charge on any atom is -0.482 e. The van der Waals surface area contributed by atoms with E-state index >= 15 is 0 Å². The van der Waals surface area contributed by atoms with Gasteiger partial charge in [0.05, 0.1) is 4.47 Å². The molecule has 0 aliphatic carbocycles. The molecule has 3 N–H and O–H groups in total. The summed E-state index contributed by atoms with van der Waals surface area (Å²) in [5, 5.41) is 8.46. The van der Waals surface area contributed by atoms with E-state index in [1.807, 2.05) is 19.1 Å². The van der Waals surface area contributed by atoms with Gasteiger partial charge in [0.1, 0.15) is 5.75 Å². The zero-order chi connectivity index (χ0) is 20.7. The molecule has 0 aliphatic heterocycles. The molecule has 0 fully saturated rings. The first-order chi connectivity index (χ1) is 13.3. The number of thiocarbonyl (C=S) groups is 1. The van der Waals surface area contributed by atoms with Crippen LogP contribution in [0.4, 0.5) is 11.4 Å².